The second kappa shape index (κ2) is 2.96. The van der Waals surface area contributed by atoms with Crippen LogP contribution >= 0.6 is 24.0 Å². The molecule has 2 aromatic rings. The number of benzene rings is 1. The van der Waals surface area contributed by atoms with Gasteiger partial charge in [0.15, 0.2) is 4.77 Å². The van der Waals surface area contributed by atoms with E-state index in [-0.39, 0.29) is 0 Å². The van der Waals surface area contributed by atoms with Crippen LogP contribution in [0.1, 0.15) is 5.82 Å². The van der Waals surface area contributed by atoms with Crippen molar-refractivity contribution >= 4 is 24.0 Å². The molecule has 0 amide bonds. The van der Waals surface area contributed by atoms with E-state index in [1.54, 1.807) is 11.8 Å². The zero-order valence-corrected chi connectivity index (χ0v) is 8.86. The highest BCUT2D eigenvalue weighted by Crippen LogP contribution is 2.33. The topological polar surface area (TPSA) is 33.6 Å². The fourth-order valence-electron chi connectivity index (χ4n) is 1.58. The van der Waals surface area contributed by atoms with Gasteiger partial charge in [-0.25, -0.2) is 0 Å². The summed E-state index contributed by atoms with van der Waals surface area (Å²) < 4.78 is 2.68. The van der Waals surface area contributed by atoms with Crippen LogP contribution in [-0.2, 0) is 5.75 Å². The first-order valence-corrected chi connectivity index (χ1v) is 5.64. The summed E-state index contributed by atoms with van der Waals surface area (Å²) >= 11 is 6.98. The summed E-state index contributed by atoms with van der Waals surface area (Å²) in [5, 5.41) is 7.00. The van der Waals surface area contributed by atoms with Gasteiger partial charge in [-0.15, -0.1) is 11.8 Å². The molecular formula is C9H7N3S2. The lowest BCUT2D eigenvalue weighted by molar-refractivity contribution is 0.913. The molecule has 0 unspecified atom stereocenters. The Kier molecular flexibility index (Phi) is 1.75. The van der Waals surface area contributed by atoms with Crippen LogP contribution in [0.15, 0.2) is 29.2 Å². The largest absolute Gasteiger partial charge is 0.270 e. The lowest BCUT2D eigenvalue weighted by Gasteiger charge is -2.16. The van der Waals surface area contributed by atoms with Crippen molar-refractivity contribution in [2.45, 2.75) is 10.6 Å². The molecular weight excluding hydrogens is 214 g/mol. The molecule has 1 aliphatic heterocycles. The van der Waals surface area contributed by atoms with Crippen molar-refractivity contribution < 1.29 is 0 Å². The Bertz CT molecular complexity index is 541. The molecule has 1 aromatic carbocycles. The first-order chi connectivity index (χ1) is 6.86. The van der Waals surface area contributed by atoms with E-state index in [4.69, 9.17) is 12.2 Å². The maximum Gasteiger partial charge on any atom is 0.199 e. The number of para-hydroxylation sites is 1. The quantitative estimate of drug-likeness (QED) is 0.694. The average Bonchev–Trinajstić information content (AvgIpc) is 2.61. The van der Waals surface area contributed by atoms with Crippen LogP contribution in [0.25, 0.3) is 5.69 Å². The number of rotatable bonds is 0. The van der Waals surface area contributed by atoms with E-state index < -0.39 is 0 Å². The van der Waals surface area contributed by atoms with Gasteiger partial charge in [0, 0.05) is 4.90 Å². The van der Waals surface area contributed by atoms with Gasteiger partial charge >= 0.3 is 0 Å². The van der Waals surface area contributed by atoms with Gasteiger partial charge < -0.3 is 0 Å². The number of thioether (sulfide) groups is 1. The third-order valence-electron chi connectivity index (χ3n) is 2.20. The van der Waals surface area contributed by atoms with E-state index in [0.717, 1.165) is 17.3 Å². The highest BCUT2D eigenvalue weighted by atomic mass is 32.2. The van der Waals surface area contributed by atoms with Crippen LogP contribution in [0.2, 0.25) is 0 Å². The van der Waals surface area contributed by atoms with Crippen LogP contribution in [0.3, 0.4) is 0 Å². The zero-order chi connectivity index (χ0) is 9.54. The first-order valence-electron chi connectivity index (χ1n) is 4.25. The van der Waals surface area contributed by atoms with Gasteiger partial charge in [-0.3, -0.25) is 9.67 Å². The lowest BCUT2D eigenvalue weighted by atomic mass is 10.3. The van der Waals surface area contributed by atoms with Crippen molar-refractivity contribution in [3.63, 3.8) is 0 Å². The molecule has 3 rings (SSSR count). The number of aromatic nitrogens is 3. The lowest BCUT2D eigenvalue weighted by Crippen LogP contribution is -2.06. The number of H-pyrrole nitrogens is 1. The SMILES string of the molecule is S=c1[nH]nc2n1-c1ccccc1SC2. The fraction of sp³-hybridized carbons (Fsp3) is 0.111. The normalized spacial score (nSPS) is 13.4. The summed E-state index contributed by atoms with van der Waals surface area (Å²) in [6.07, 6.45) is 0. The minimum absolute atomic E-state index is 0.674. The Balaban J connectivity index is 2.38. The molecule has 2 heterocycles. The maximum atomic E-state index is 5.18. The molecule has 14 heavy (non-hydrogen) atoms. The van der Waals surface area contributed by atoms with E-state index in [1.807, 2.05) is 16.7 Å². The summed E-state index contributed by atoms with van der Waals surface area (Å²) in [6, 6.07) is 8.23. The molecule has 3 nitrogen and oxygen atoms in total. The van der Waals surface area contributed by atoms with Crippen molar-refractivity contribution in [2.24, 2.45) is 0 Å². The Labute approximate surface area is 90.2 Å². The third-order valence-corrected chi connectivity index (χ3v) is 3.54. The molecule has 0 spiro atoms. The van der Waals surface area contributed by atoms with Crippen molar-refractivity contribution in [3.8, 4) is 5.69 Å². The zero-order valence-electron chi connectivity index (χ0n) is 7.23. The van der Waals surface area contributed by atoms with E-state index in [9.17, 15) is 0 Å². The number of aromatic amines is 1. The van der Waals surface area contributed by atoms with Gasteiger partial charge in [-0.1, -0.05) is 12.1 Å². The summed E-state index contributed by atoms with van der Waals surface area (Å²) in [5.41, 5.74) is 1.14. The molecule has 1 aromatic heterocycles. The van der Waals surface area contributed by atoms with Gasteiger partial charge in [0.1, 0.15) is 5.82 Å². The number of nitrogens with zero attached hydrogens (tertiary/aromatic N) is 2. The molecule has 0 saturated carbocycles. The Hall–Kier alpha value is -1.07. The van der Waals surface area contributed by atoms with Gasteiger partial charge in [-0.05, 0) is 24.4 Å². The number of hydrogen-bond acceptors (Lipinski definition) is 3. The van der Waals surface area contributed by atoms with Gasteiger partial charge in [0.25, 0.3) is 0 Å². The van der Waals surface area contributed by atoms with Crippen molar-refractivity contribution in [1.29, 1.82) is 0 Å². The third kappa shape index (κ3) is 1.06. The van der Waals surface area contributed by atoms with Crippen LogP contribution in [0.5, 0.6) is 0 Å². The van der Waals surface area contributed by atoms with E-state index in [0.29, 0.717) is 4.77 Å². The molecule has 1 N–H and O–H groups in total. The van der Waals surface area contributed by atoms with Gasteiger partial charge in [0.05, 0.1) is 11.4 Å². The predicted octanol–water partition coefficient (Wildman–Crippen LogP) is 2.54. The average molecular weight is 221 g/mol. The van der Waals surface area contributed by atoms with E-state index in [1.165, 1.54) is 4.90 Å². The van der Waals surface area contributed by atoms with E-state index >= 15 is 0 Å². The number of fused-ring (bicyclic) bond motifs is 3. The second-order valence-corrected chi connectivity index (χ2v) is 4.44. The van der Waals surface area contributed by atoms with Gasteiger partial charge in [0.2, 0.25) is 0 Å². The molecule has 70 valence electrons. The van der Waals surface area contributed by atoms with Crippen LogP contribution in [0, 0.1) is 4.77 Å². The summed E-state index contributed by atoms with van der Waals surface area (Å²) in [7, 11) is 0. The number of nitrogens with one attached hydrogen (secondary N) is 1. The van der Waals surface area contributed by atoms with Crippen molar-refractivity contribution in [1.82, 2.24) is 14.8 Å². The predicted molar refractivity (Wildman–Crippen MR) is 58.3 cm³/mol. The van der Waals surface area contributed by atoms with Gasteiger partial charge in [-0.2, -0.15) is 5.10 Å². The number of hydrogen-bond donors (Lipinski definition) is 1. The monoisotopic (exact) mass is 221 g/mol. The Morgan fingerprint density at radius 2 is 2.29 bits per heavy atom. The minimum atomic E-state index is 0.674. The highest BCUT2D eigenvalue weighted by Gasteiger charge is 2.17. The maximum absolute atomic E-state index is 5.18. The minimum Gasteiger partial charge on any atom is -0.270 e. The standard InChI is InChI=1S/C9H7N3S2/c13-9-11-10-8-5-14-7-4-2-1-3-6(7)12(8)9/h1-4H,5H2,(H,11,13). The summed E-state index contributed by atoms with van der Waals surface area (Å²) in [5.74, 6) is 1.88. The summed E-state index contributed by atoms with van der Waals surface area (Å²) in [6.45, 7) is 0. The Morgan fingerprint density at radius 1 is 1.43 bits per heavy atom. The molecule has 0 fully saturated rings. The molecule has 0 bridgehead atoms. The molecule has 0 radical (unpaired) electrons. The highest BCUT2D eigenvalue weighted by molar-refractivity contribution is 7.98. The smallest absolute Gasteiger partial charge is 0.199 e. The van der Waals surface area contributed by atoms with Crippen molar-refractivity contribution in [2.75, 3.05) is 0 Å². The molecule has 0 aliphatic carbocycles. The molecule has 1 aliphatic rings. The van der Waals surface area contributed by atoms with Crippen LogP contribution in [-0.4, -0.2) is 14.8 Å². The van der Waals surface area contributed by atoms with Crippen LogP contribution < -0.4 is 0 Å². The molecule has 5 heteroatoms. The molecule has 0 atom stereocenters. The van der Waals surface area contributed by atoms with Crippen molar-refractivity contribution in [3.05, 3.63) is 34.9 Å². The fourth-order valence-corrected chi connectivity index (χ4v) is 2.79. The molecule has 0 saturated heterocycles. The summed E-state index contributed by atoms with van der Waals surface area (Å²) in [4.78, 5) is 1.26. The second-order valence-electron chi connectivity index (χ2n) is 3.04. The first kappa shape index (κ1) is 8.26. The van der Waals surface area contributed by atoms with E-state index in [2.05, 4.69) is 22.3 Å². The van der Waals surface area contributed by atoms with Crippen LogP contribution in [0.4, 0.5) is 0 Å². The Morgan fingerprint density at radius 3 is 3.21 bits per heavy atom.